The summed E-state index contributed by atoms with van der Waals surface area (Å²) in [6.45, 7) is 0. The molecule has 0 fully saturated rings. The predicted octanol–water partition coefficient (Wildman–Crippen LogP) is 4.39. The van der Waals surface area contributed by atoms with E-state index in [1.54, 1.807) is 30.6 Å². The molecule has 3 aromatic heterocycles. The molecule has 0 aliphatic carbocycles. The Morgan fingerprint density at radius 2 is 2.04 bits per heavy atom. The lowest BCUT2D eigenvalue weighted by Gasteiger charge is -2.03. The van der Waals surface area contributed by atoms with Gasteiger partial charge in [0.2, 0.25) is 0 Å². The number of aromatic amines is 1. The van der Waals surface area contributed by atoms with Crippen molar-refractivity contribution < 1.29 is 9.90 Å². The predicted molar refractivity (Wildman–Crippen MR) is 103 cm³/mol. The second kappa shape index (κ2) is 6.81. The van der Waals surface area contributed by atoms with Crippen LogP contribution in [0.4, 0.5) is 10.9 Å². The Balaban J connectivity index is 1.71. The standard InChI is InChI=1S/C19H14N4O2S/c24-18(25)15(12-4-2-1-3-5-12)10-13-11-21-17-14(13)6-7-16(22-17)23-19-20-8-9-26-19/h1-11H,(H,24,25)(H2,20,21,22,23)/b15-10-. The van der Waals surface area contributed by atoms with Gasteiger partial charge >= 0.3 is 5.97 Å². The lowest BCUT2D eigenvalue weighted by Crippen LogP contribution is -1.99. The van der Waals surface area contributed by atoms with Crippen LogP contribution in [0.5, 0.6) is 0 Å². The largest absolute Gasteiger partial charge is 0.478 e. The Bertz CT molecular complexity index is 1090. The van der Waals surface area contributed by atoms with Gasteiger partial charge in [-0.1, -0.05) is 30.3 Å². The summed E-state index contributed by atoms with van der Waals surface area (Å²) < 4.78 is 0. The number of nitrogens with one attached hydrogen (secondary N) is 2. The van der Waals surface area contributed by atoms with Gasteiger partial charge < -0.3 is 15.4 Å². The summed E-state index contributed by atoms with van der Waals surface area (Å²) in [6, 6.07) is 12.8. The third-order valence-corrected chi connectivity index (χ3v) is 4.54. The van der Waals surface area contributed by atoms with Gasteiger partial charge in [0.25, 0.3) is 0 Å². The molecule has 6 nitrogen and oxygen atoms in total. The number of rotatable bonds is 5. The molecule has 0 bridgehead atoms. The van der Waals surface area contributed by atoms with Gasteiger partial charge in [-0.15, -0.1) is 11.3 Å². The van der Waals surface area contributed by atoms with Gasteiger partial charge in [-0.3, -0.25) is 0 Å². The molecule has 0 atom stereocenters. The van der Waals surface area contributed by atoms with Crippen molar-refractivity contribution in [2.45, 2.75) is 0 Å². The van der Waals surface area contributed by atoms with Gasteiger partial charge in [0.05, 0.1) is 5.57 Å². The van der Waals surface area contributed by atoms with E-state index in [2.05, 4.69) is 20.3 Å². The third kappa shape index (κ3) is 3.20. The minimum Gasteiger partial charge on any atom is -0.478 e. The molecule has 0 saturated carbocycles. The maximum atomic E-state index is 11.7. The number of anilines is 2. The molecule has 0 aliphatic rings. The van der Waals surface area contributed by atoms with Crippen molar-refractivity contribution in [1.82, 2.24) is 15.0 Å². The monoisotopic (exact) mass is 362 g/mol. The van der Waals surface area contributed by atoms with Crippen LogP contribution in [0.1, 0.15) is 11.1 Å². The molecule has 0 amide bonds. The molecule has 4 aromatic rings. The van der Waals surface area contributed by atoms with Crippen LogP contribution in [0.3, 0.4) is 0 Å². The number of aliphatic carboxylic acids is 1. The maximum Gasteiger partial charge on any atom is 0.336 e. The molecule has 7 heteroatoms. The van der Waals surface area contributed by atoms with Crippen molar-refractivity contribution >= 4 is 50.9 Å². The highest BCUT2D eigenvalue weighted by molar-refractivity contribution is 7.13. The van der Waals surface area contributed by atoms with Gasteiger partial charge in [0.1, 0.15) is 11.5 Å². The second-order valence-corrected chi connectivity index (χ2v) is 6.42. The first-order valence-electron chi connectivity index (χ1n) is 7.86. The van der Waals surface area contributed by atoms with Gasteiger partial charge in [-0.05, 0) is 23.8 Å². The van der Waals surface area contributed by atoms with Crippen LogP contribution in [0.15, 0.2) is 60.2 Å². The van der Waals surface area contributed by atoms with Gasteiger partial charge in [-0.25, -0.2) is 14.8 Å². The number of H-pyrrole nitrogens is 1. The highest BCUT2D eigenvalue weighted by atomic mass is 32.1. The molecular weight excluding hydrogens is 348 g/mol. The Labute approximate surface area is 152 Å². The summed E-state index contributed by atoms with van der Waals surface area (Å²) in [5.41, 5.74) is 2.34. The summed E-state index contributed by atoms with van der Waals surface area (Å²) in [4.78, 5) is 23.5. The third-order valence-electron chi connectivity index (χ3n) is 3.85. The molecule has 0 aliphatic heterocycles. The van der Waals surface area contributed by atoms with Crippen LogP contribution in [-0.2, 0) is 4.79 Å². The van der Waals surface area contributed by atoms with Gasteiger partial charge in [0.15, 0.2) is 5.13 Å². The first kappa shape index (κ1) is 16.0. The summed E-state index contributed by atoms with van der Waals surface area (Å²) in [6.07, 6.45) is 5.14. The normalized spacial score (nSPS) is 11.6. The Morgan fingerprint density at radius 3 is 2.77 bits per heavy atom. The minimum absolute atomic E-state index is 0.233. The van der Waals surface area contributed by atoms with Crippen molar-refractivity contribution in [3.05, 3.63) is 71.4 Å². The molecule has 0 saturated heterocycles. The number of hydrogen-bond acceptors (Lipinski definition) is 5. The quantitative estimate of drug-likeness (QED) is 0.458. The van der Waals surface area contributed by atoms with Crippen LogP contribution in [0.25, 0.3) is 22.7 Å². The van der Waals surface area contributed by atoms with Crippen molar-refractivity contribution in [3.8, 4) is 0 Å². The second-order valence-electron chi connectivity index (χ2n) is 5.53. The highest BCUT2D eigenvalue weighted by Crippen LogP contribution is 2.26. The fraction of sp³-hybridized carbons (Fsp3) is 0. The molecule has 0 spiro atoms. The number of pyridine rings is 1. The fourth-order valence-electron chi connectivity index (χ4n) is 2.65. The number of carboxylic acid groups (broad SMARTS) is 1. The van der Waals surface area contributed by atoms with E-state index >= 15 is 0 Å². The summed E-state index contributed by atoms with van der Waals surface area (Å²) in [5.74, 6) is -0.299. The van der Waals surface area contributed by atoms with Crippen molar-refractivity contribution in [1.29, 1.82) is 0 Å². The van der Waals surface area contributed by atoms with E-state index < -0.39 is 5.97 Å². The molecule has 0 unspecified atom stereocenters. The van der Waals surface area contributed by atoms with Crippen LogP contribution in [-0.4, -0.2) is 26.0 Å². The van der Waals surface area contributed by atoms with E-state index in [9.17, 15) is 9.90 Å². The Hall–Kier alpha value is -3.45. The first-order chi connectivity index (χ1) is 12.7. The minimum atomic E-state index is -0.972. The molecule has 0 radical (unpaired) electrons. The molecule has 1 aromatic carbocycles. The molecule has 3 heterocycles. The topological polar surface area (TPSA) is 90.9 Å². The molecule has 4 rings (SSSR count). The average Bonchev–Trinajstić information content (AvgIpc) is 3.30. The number of nitrogens with zero attached hydrogens (tertiary/aromatic N) is 2. The number of benzene rings is 1. The number of fused-ring (bicyclic) bond motifs is 1. The number of hydrogen-bond donors (Lipinski definition) is 3. The molecule has 26 heavy (non-hydrogen) atoms. The van der Waals surface area contributed by atoms with Crippen LogP contribution in [0, 0.1) is 0 Å². The molecular formula is C19H14N4O2S. The van der Waals surface area contributed by atoms with E-state index in [0.717, 1.165) is 16.1 Å². The lowest BCUT2D eigenvalue weighted by atomic mass is 10.0. The Morgan fingerprint density at radius 1 is 1.19 bits per heavy atom. The zero-order valence-electron chi connectivity index (χ0n) is 13.5. The van der Waals surface area contributed by atoms with Gasteiger partial charge in [0, 0.05) is 28.7 Å². The summed E-state index contributed by atoms with van der Waals surface area (Å²) in [7, 11) is 0. The van der Waals surface area contributed by atoms with Crippen LogP contribution < -0.4 is 5.32 Å². The van der Waals surface area contributed by atoms with Crippen molar-refractivity contribution in [2.24, 2.45) is 0 Å². The van der Waals surface area contributed by atoms with Crippen LogP contribution >= 0.6 is 11.3 Å². The number of thiazole rings is 1. The molecule has 3 N–H and O–H groups in total. The van der Waals surface area contributed by atoms with Crippen LogP contribution in [0.2, 0.25) is 0 Å². The zero-order chi connectivity index (χ0) is 17.9. The lowest BCUT2D eigenvalue weighted by molar-refractivity contribution is -0.130. The Kier molecular flexibility index (Phi) is 4.20. The SMILES string of the molecule is O=C(O)/C(=C\c1c[nH]c2nc(Nc3nccs3)ccc12)c1ccccc1. The first-order valence-corrected chi connectivity index (χ1v) is 8.74. The smallest absolute Gasteiger partial charge is 0.336 e. The summed E-state index contributed by atoms with van der Waals surface area (Å²) >= 11 is 1.49. The number of carboxylic acids is 1. The number of aromatic nitrogens is 3. The maximum absolute atomic E-state index is 11.7. The van der Waals surface area contributed by atoms with Crippen molar-refractivity contribution in [3.63, 3.8) is 0 Å². The molecule has 128 valence electrons. The van der Waals surface area contributed by atoms with E-state index in [4.69, 9.17) is 0 Å². The van der Waals surface area contributed by atoms with Gasteiger partial charge in [-0.2, -0.15) is 0 Å². The fourth-order valence-corrected chi connectivity index (χ4v) is 3.19. The zero-order valence-corrected chi connectivity index (χ0v) is 14.3. The van der Waals surface area contributed by atoms with E-state index in [0.29, 0.717) is 17.0 Å². The summed E-state index contributed by atoms with van der Waals surface area (Å²) in [5, 5.41) is 16.2. The average molecular weight is 362 g/mol. The number of carbonyl (C=O) groups is 1. The van der Waals surface area contributed by atoms with E-state index in [1.165, 1.54) is 11.3 Å². The van der Waals surface area contributed by atoms with Crippen molar-refractivity contribution in [2.75, 3.05) is 5.32 Å². The van der Waals surface area contributed by atoms with E-state index in [-0.39, 0.29) is 5.57 Å². The van der Waals surface area contributed by atoms with E-state index in [1.807, 2.05) is 35.7 Å². The highest BCUT2D eigenvalue weighted by Gasteiger charge is 2.12.